The van der Waals surface area contributed by atoms with Gasteiger partial charge < -0.3 is 9.84 Å². The van der Waals surface area contributed by atoms with Crippen LogP contribution in [0, 0.1) is 5.82 Å². The number of halogens is 5. The number of rotatable bonds is 3. The van der Waals surface area contributed by atoms with Crippen molar-refractivity contribution in [3.05, 3.63) is 23.3 Å². The predicted octanol–water partition coefficient (Wildman–Crippen LogP) is 2.56. The SMILES string of the molecule is O=C(O)c1nc(CCl)c(OC(F)(F)F)cc1F. The molecule has 17 heavy (non-hydrogen) atoms. The van der Waals surface area contributed by atoms with Crippen LogP contribution in [0.5, 0.6) is 5.75 Å². The van der Waals surface area contributed by atoms with Crippen LogP contribution in [-0.4, -0.2) is 22.4 Å². The lowest BCUT2D eigenvalue weighted by atomic mass is 10.2. The van der Waals surface area contributed by atoms with Crippen LogP contribution in [0.1, 0.15) is 16.2 Å². The van der Waals surface area contributed by atoms with Crippen LogP contribution < -0.4 is 4.74 Å². The maximum Gasteiger partial charge on any atom is 0.573 e. The number of pyridine rings is 1. The summed E-state index contributed by atoms with van der Waals surface area (Å²) < 4.78 is 52.3. The van der Waals surface area contributed by atoms with E-state index in [-0.39, 0.29) is 6.07 Å². The summed E-state index contributed by atoms with van der Waals surface area (Å²) in [7, 11) is 0. The number of alkyl halides is 4. The molecule has 0 radical (unpaired) electrons. The van der Waals surface area contributed by atoms with E-state index in [0.717, 1.165) is 0 Å². The Morgan fingerprint density at radius 1 is 1.53 bits per heavy atom. The van der Waals surface area contributed by atoms with Crippen molar-refractivity contribution in [3.63, 3.8) is 0 Å². The molecule has 1 rings (SSSR count). The van der Waals surface area contributed by atoms with Gasteiger partial charge in [0, 0.05) is 6.07 Å². The number of hydrogen-bond acceptors (Lipinski definition) is 3. The highest BCUT2D eigenvalue weighted by atomic mass is 35.5. The van der Waals surface area contributed by atoms with E-state index < -0.39 is 41.2 Å². The van der Waals surface area contributed by atoms with Crippen molar-refractivity contribution in [3.8, 4) is 5.75 Å². The molecule has 0 fully saturated rings. The minimum atomic E-state index is -5.04. The van der Waals surface area contributed by atoms with Gasteiger partial charge in [-0.05, 0) is 0 Å². The Morgan fingerprint density at radius 2 is 2.12 bits per heavy atom. The van der Waals surface area contributed by atoms with Gasteiger partial charge in [0.1, 0.15) is 0 Å². The molecule has 1 N–H and O–H groups in total. The summed E-state index contributed by atoms with van der Waals surface area (Å²) in [6.45, 7) is 0. The van der Waals surface area contributed by atoms with E-state index in [4.69, 9.17) is 16.7 Å². The van der Waals surface area contributed by atoms with Crippen LogP contribution in [0.2, 0.25) is 0 Å². The number of aromatic nitrogens is 1. The molecule has 0 amide bonds. The average Bonchev–Trinajstić information content (AvgIpc) is 2.14. The van der Waals surface area contributed by atoms with E-state index in [2.05, 4.69) is 9.72 Å². The van der Waals surface area contributed by atoms with E-state index in [1.165, 1.54) is 0 Å². The highest BCUT2D eigenvalue weighted by Crippen LogP contribution is 2.28. The molecule has 0 spiro atoms. The van der Waals surface area contributed by atoms with E-state index in [9.17, 15) is 22.4 Å². The molecule has 94 valence electrons. The fourth-order valence-corrected chi connectivity index (χ4v) is 1.16. The third kappa shape index (κ3) is 3.45. The van der Waals surface area contributed by atoms with Crippen molar-refractivity contribution < 1.29 is 32.2 Å². The average molecular weight is 274 g/mol. The molecule has 0 aliphatic rings. The first kappa shape index (κ1) is 13.5. The minimum absolute atomic E-state index is 0.279. The molecule has 0 aromatic carbocycles. The number of carboxylic acid groups (broad SMARTS) is 1. The van der Waals surface area contributed by atoms with Crippen molar-refractivity contribution in [2.24, 2.45) is 0 Å². The first-order valence-electron chi connectivity index (χ1n) is 3.99. The van der Waals surface area contributed by atoms with E-state index >= 15 is 0 Å². The molecule has 9 heteroatoms. The van der Waals surface area contributed by atoms with Gasteiger partial charge >= 0.3 is 12.3 Å². The summed E-state index contributed by atoms with van der Waals surface area (Å²) in [5, 5.41) is 8.50. The van der Waals surface area contributed by atoms with Gasteiger partial charge in [-0.2, -0.15) is 0 Å². The summed E-state index contributed by atoms with van der Waals surface area (Å²) in [6.07, 6.45) is -5.04. The smallest absolute Gasteiger partial charge is 0.476 e. The summed E-state index contributed by atoms with van der Waals surface area (Å²) >= 11 is 5.26. The molecular formula is C8H4ClF4NO3. The van der Waals surface area contributed by atoms with Crippen molar-refractivity contribution in [1.29, 1.82) is 0 Å². The van der Waals surface area contributed by atoms with Gasteiger partial charge in [-0.25, -0.2) is 14.2 Å². The summed E-state index contributed by atoms with van der Waals surface area (Å²) in [5.74, 6) is -4.67. The number of hydrogen-bond donors (Lipinski definition) is 1. The molecule has 0 saturated carbocycles. The Hall–Kier alpha value is -1.57. The molecule has 0 unspecified atom stereocenters. The van der Waals surface area contributed by atoms with Crippen molar-refractivity contribution in [2.75, 3.05) is 0 Å². The number of carbonyl (C=O) groups is 1. The number of aromatic carboxylic acids is 1. The van der Waals surface area contributed by atoms with Gasteiger partial charge in [0.05, 0.1) is 11.6 Å². The summed E-state index contributed by atoms with van der Waals surface area (Å²) in [5.41, 5.74) is -1.53. The largest absolute Gasteiger partial charge is 0.573 e. The molecule has 1 heterocycles. The molecule has 0 aliphatic heterocycles. The molecule has 0 aliphatic carbocycles. The molecule has 4 nitrogen and oxygen atoms in total. The second-order valence-electron chi connectivity index (χ2n) is 2.75. The van der Waals surface area contributed by atoms with Gasteiger partial charge in [0.2, 0.25) is 0 Å². The van der Waals surface area contributed by atoms with Crippen LogP contribution in [0.25, 0.3) is 0 Å². The maximum atomic E-state index is 13.1. The first-order valence-corrected chi connectivity index (χ1v) is 4.52. The lowest BCUT2D eigenvalue weighted by molar-refractivity contribution is -0.275. The monoisotopic (exact) mass is 273 g/mol. The predicted molar refractivity (Wildman–Crippen MR) is 47.4 cm³/mol. The fraction of sp³-hybridized carbons (Fsp3) is 0.250. The van der Waals surface area contributed by atoms with Crippen LogP contribution in [0.15, 0.2) is 6.07 Å². The van der Waals surface area contributed by atoms with Crippen LogP contribution in [0.4, 0.5) is 17.6 Å². The molecule has 0 atom stereocenters. The molecular weight excluding hydrogens is 270 g/mol. The standard InChI is InChI=1S/C8H4ClF4NO3/c9-2-4-5(17-8(11,12)13)1-3(10)6(14-4)7(15)16/h1H,2H2,(H,15,16). The van der Waals surface area contributed by atoms with Crippen molar-refractivity contribution in [1.82, 2.24) is 4.98 Å². The van der Waals surface area contributed by atoms with Gasteiger partial charge in [-0.15, -0.1) is 24.8 Å². The Balaban J connectivity index is 3.24. The van der Waals surface area contributed by atoms with Crippen molar-refractivity contribution >= 4 is 17.6 Å². The zero-order valence-corrected chi connectivity index (χ0v) is 8.64. The number of nitrogens with zero attached hydrogens (tertiary/aromatic N) is 1. The normalized spacial score (nSPS) is 11.4. The Kier molecular flexibility index (Phi) is 3.76. The minimum Gasteiger partial charge on any atom is -0.476 e. The highest BCUT2D eigenvalue weighted by molar-refractivity contribution is 6.17. The molecule has 1 aromatic heterocycles. The fourth-order valence-electron chi connectivity index (χ4n) is 0.969. The second-order valence-corrected chi connectivity index (χ2v) is 3.02. The zero-order valence-electron chi connectivity index (χ0n) is 7.89. The van der Waals surface area contributed by atoms with Gasteiger partial charge in [0.15, 0.2) is 17.3 Å². The zero-order chi connectivity index (χ0) is 13.2. The quantitative estimate of drug-likeness (QED) is 0.679. The van der Waals surface area contributed by atoms with Gasteiger partial charge in [0.25, 0.3) is 0 Å². The second kappa shape index (κ2) is 4.74. The van der Waals surface area contributed by atoms with Gasteiger partial charge in [-0.3, -0.25) is 0 Å². The van der Waals surface area contributed by atoms with Crippen molar-refractivity contribution in [2.45, 2.75) is 12.2 Å². The summed E-state index contributed by atoms with van der Waals surface area (Å²) in [6, 6.07) is 0.279. The first-order chi connectivity index (χ1) is 7.74. The maximum absolute atomic E-state index is 13.1. The Bertz CT molecular complexity index is 449. The summed E-state index contributed by atoms with van der Waals surface area (Å²) in [4.78, 5) is 13.6. The Morgan fingerprint density at radius 3 is 2.53 bits per heavy atom. The number of ether oxygens (including phenoxy) is 1. The van der Waals surface area contributed by atoms with Crippen LogP contribution >= 0.6 is 11.6 Å². The molecule has 0 bridgehead atoms. The Labute approximate surface area is 96.8 Å². The lowest BCUT2D eigenvalue weighted by Gasteiger charge is -2.12. The third-order valence-electron chi connectivity index (χ3n) is 1.57. The van der Waals surface area contributed by atoms with E-state index in [0.29, 0.717) is 0 Å². The lowest BCUT2D eigenvalue weighted by Crippen LogP contribution is -2.19. The topological polar surface area (TPSA) is 59.4 Å². The third-order valence-corrected chi connectivity index (χ3v) is 1.82. The number of carboxylic acids is 1. The molecule has 0 saturated heterocycles. The van der Waals surface area contributed by atoms with E-state index in [1.54, 1.807) is 0 Å². The van der Waals surface area contributed by atoms with Crippen LogP contribution in [0.3, 0.4) is 0 Å². The van der Waals surface area contributed by atoms with Crippen LogP contribution in [-0.2, 0) is 5.88 Å². The molecule has 1 aromatic rings. The highest BCUT2D eigenvalue weighted by Gasteiger charge is 2.33. The van der Waals surface area contributed by atoms with E-state index in [1.807, 2.05) is 0 Å². The van der Waals surface area contributed by atoms with Gasteiger partial charge in [-0.1, -0.05) is 0 Å².